The lowest BCUT2D eigenvalue weighted by Crippen LogP contribution is -2.15. The molecule has 0 saturated heterocycles. The van der Waals surface area contributed by atoms with Crippen LogP contribution in [0.4, 0.5) is 5.82 Å². The summed E-state index contributed by atoms with van der Waals surface area (Å²) in [5.74, 6) is 0.162. The summed E-state index contributed by atoms with van der Waals surface area (Å²) in [7, 11) is 0. The van der Waals surface area contributed by atoms with E-state index in [9.17, 15) is 4.79 Å². The fourth-order valence-corrected chi connectivity index (χ4v) is 1.44. The van der Waals surface area contributed by atoms with Gasteiger partial charge in [0.15, 0.2) is 11.3 Å². The lowest BCUT2D eigenvalue weighted by atomic mass is 10.4. The molecule has 0 bridgehead atoms. The summed E-state index contributed by atoms with van der Waals surface area (Å²) in [6.45, 7) is 0. The Bertz CT molecular complexity index is 658. The van der Waals surface area contributed by atoms with E-state index in [1.54, 1.807) is 24.5 Å². The first-order valence-corrected chi connectivity index (χ1v) is 4.85. The highest BCUT2D eigenvalue weighted by Gasteiger charge is 2.11. The number of carbonyl (C=O) groups is 1. The molecule has 0 spiro atoms. The van der Waals surface area contributed by atoms with E-state index >= 15 is 0 Å². The Hall–Kier alpha value is -2.70. The predicted molar refractivity (Wildman–Crippen MR) is 57.4 cm³/mol. The largest absolute Gasteiger partial charge is 0.364 e. The second-order valence-corrected chi connectivity index (χ2v) is 3.27. The quantitative estimate of drug-likeness (QED) is 0.707. The fourth-order valence-electron chi connectivity index (χ4n) is 1.44. The zero-order valence-electron chi connectivity index (χ0n) is 8.57. The second kappa shape index (κ2) is 3.71. The van der Waals surface area contributed by atoms with E-state index in [1.807, 2.05) is 0 Å². The molecule has 7 nitrogen and oxygen atoms in total. The van der Waals surface area contributed by atoms with Crippen LogP contribution in [0.1, 0.15) is 10.5 Å². The number of hydrogen-bond donors (Lipinski definition) is 1. The van der Waals surface area contributed by atoms with E-state index in [0.29, 0.717) is 11.5 Å². The monoisotopic (exact) mass is 229 g/mol. The van der Waals surface area contributed by atoms with Gasteiger partial charge in [-0.3, -0.25) is 4.79 Å². The Morgan fingerprint density at radius 1 is 1.29 bits per heavy atom. The Morgan fingerprint density at radius 3 is 3.06 bits per heavy atom. The van der Waals surface area contributed by atoms with Gasteiger partial charge < -0.3 is 9.84 Å². The van der Waals surface area contributed by atoms with Crippen molar-refractivity contribution in [2.75, 3.05) is 5.32 Å². The van der Waals surface area contributed by atoms with Crippen molar-refractivity contribution in [1.82, 2.24) is 19.8 Å². The van der Waals surface area contributed by atoms with Crippen molar-refractivity contribution >= 4 is 17.4 Å². The molecule has 1 amide bonds. The van der Waals surface area contributed by atoms with Gasteiger partial charge in [0, 0.05) is 18.3 Å². The molecule has 0 aliphatic carbocycles. The molecular formula is C10H7N5O2. The number of fused-ring (bicyclic) bond motifs is 1. The third-order valence-electron chi connectivity index (χ3n) is 2.20. The van der Waals surface area contributed by atoms with Crippen LogP contribution >= 0.6 is 0 Å². The minimum absolute atomic E-state index is 0.210. The van der Waals surface area contributed by atoms with Crippen molar-refractivity contribution < 1.29 is 9.32 Å². The van der Waals surface area contributed by atoms with E-state index in [4.69, 9.17) is 0 Å². The molecule has 0 saturated carbocycles. The average Bonchev–Trinajstić information content (AvgIpc) is 3.00. The number of anilines is 1. The van der Waals surface area contributed by atoms with Crippen LogP contribution in [-0.4, -0.2) is 25.7 Å². The van der Waals surface area contributed by atoms with Gasteiger partial charge in [-0.25, -0.2) is 4.98 Å². The lowest BCUT2D eigenvalue weighted by molar-refractivity contribution is 0.101. The summed E-state index contributed by atoms with van der Waals surface area (Å²) in [4.78, 5) is 15.8. The Balaban J connectivity index is 1.95. The Kier molecular flexibility index (Phi) is 2.08. The zero-order chi connectivity index (χ0) is 11.7. The number of hydrogen-bond acceptors (Lipinski definition) is 5. The minimum Gasteiger partial charge on any atom is -0.364 e. The van der Waals surface area contributed by atoms with Crippen LogP contribution in [0.3, 0.4) is 0 Å². The summed E-state index contributed by atoms with van der Waals surface area (Å²) in [6, 6.07) is 4.88. The molecule has 0 unspecified atom stereocenters. The highest BCUT2D eigenvalue weighted by atomic mass is 16.5. The van der Waals surface area contributed by atoms with Crippen LogP contribution in [0.2, 0.25) is 0 Å². The summed E-state index contributed by atoms with van der Waals surface area (Å²) in [6.07, 6.45) is 4.54. The number of amides is 1. The van der Waals surface area contributed by atoms with Gasteiger partial charge in [0.2, 0.25) is 0 Å². The molecular weight excluding hydrogens is 222 g/mol. The van der Waals surface area contributed by atoms with E-state index in [0.717, 1.165) is 0 Å². The molecule has 7 heteroatoms. The first-order valence-electron chi connectivity index (χ1n) is 4.85. The average molecular weight is 229 g/mol. The second-order valence-electron chi connectivity index (χ2n) is 3.27. The van der Waals surface area contributed by atoms with E-state index in [1.165, 1.54) is 16.8 Å². The van der Waals surface area contributed by atoms with Crippen LogP contribution in [0.25, 0.3) is 5.65 Å². The van der Waals surface area contributed by atoms with Crippen molar-refractivity contribution in [1.29, 1.82) is 0 Å². The fraction of sp³-hybridized carbons (Fsp3) is 0. The summed E-state index contributed by atoms with van der Waals surface area (Å²) in [5, 5.41) is 10.3. The molecule has 3 aromatic rings. The normalized spacial score (nSPS) is 10.6. The number of nitrogens with one attached hydrogen (secondary N) is 1. The summed E-state index contributed by atoms with van der Waals surface area (Å²) < 4.78 is 6.13. The van der Waals surface area contributed by atoms with Crippen LogP contribution in [0.5, 0.6) is 0 Å². The number of nitrogens with zero attached hydrogens (tertiary/aromatic N) is 4. The third-order valence-corrected chi connectivity index (χ3v) is 2.20. The van der Waals surface area contributed by atoms with E-state index < -0.39 is 0 Å². The maximum atomic E-state index is 11.7. The third kappa shape index (κ3) is 1.63. The van der Waals surface area contributed by atoms with Gasteiger partial charge >= 0.3 is 0 Å². The van der Waals surface area contributed by atoms with Crippen molar-refractivity contribution in [3.63, 3.8) is 0 Å². The molecule has 0 atom stereocenters. The van der Waals surface area contributed by atoms with Crippen molar-refractivity contribution in [3.8, 4) is 0 Å². The molecule has 0 aliphatic rings. The van der Waals surface area contributed by atoms with Gasteiger partial charge in [-0.2, -0.15) is 9.61 Å². The number of carbonyl (C=O) groups excluding carboxylic acids is 1. The van der Waals surface area contributed by atoms with Crippen molar-refractivity contribution in [3.05, 3.63) is 42.5 Å². The maximum Gasteiger partial charge on any atom is 0.278 e. The predicted octanol–water partition coefficient (Wildman–Crippen LogP) is 0.970. The molecule has 84 valence electrons. The SMILES string of the molecule is O=C(Nc1ccnc2ccnn12)c1ccon1. The molecule has 1 N–H and O–H groups in total. The molecule has 0 aliphatic heterocycles. The van der Waals surface area contributed by atoms with E-state index in [-0.39, 0.29) is 11.6 Å². The van der Waals surface area contributed by atoms with Crippen molar-refractivity contribution in [2.45, 2.75) is 0 Å². The van der Waals surface area contributed by atoms with Crippen molar-refractivity contribution in [2.24, 2.45) is 0 Å². The first kappa shape index (κ1) is 9.52. The first-order chi connectivity index (χ1) is 8.34. The molecule has 3 aromatic heterocycles. The van der Waals surface area contributed by atoms with Gasteiger partial charge in [-0.15, -0.1) is 0 Å². The molecule has 0 fully saturated rings. The molecule has 3 rings (SSSR count). The Morgan fingerprint density at radius 2 is 2.24 bits per heavy atom. The van der Waals surface area contributed by atoms with Gasteiger partial charge in [-0.1, -0.05) is 5.16 Å². The molecule has 3 heterocycles. The van der Waals surface area contributed by atoms with Gasteiger partial charge in [0.25, 0.3) is 5.91 Å². The van der Waals surface area contributed by atoms with Crippen LogP contribution in [0, 0.1) is 0 Å². The Labute approximate surface area is 95.1 Å². The smallest absolute Gasteiger partial charge is 0.278 e. The zero-order valence-corrected chi connectivity index (χ0v) is 8.57. The lowest BCUT2D eigenvalue weighted by Gasteiger charge is -2.04. The standard InChI is InChI=1S/C10H7N5O2/c16-10(7-3-6-17-14-7)13-9-1-4-11-8-2-5-12-15(8)9/h1-6H,(H,13,16). The van der Waals surface area contributed by atoms with Crippen LogP contribution < -0.4 is 5.32 Å². The molecule has 17 heavy (non-hydrogen) atoms. The highest BCUT2D eigenvalue weighted by molar-refractivity contribution is 6.02. The highest BCUT2D eigenvalue weighted by Crippen LogP contribution is 2.09. The number of rotatable bonds is 2. The summed E-state index contributed by atoms with van der Waals surface area (Å²) in [5.41, 5.74) is 0.866. The topological polar surface area (TPSA) is 85.3 Å². The molecule has 0 radical (unpaired) electrons. The molecule has 0 aromatic carbocycles. The van der Waals surface area contributed by atoms with Gasteiger partial charge in [-0.05, 0) is 6.07 Å². The van der Waals surface area contributed by atoms with Crippen LogP contribution in [0.15, 0.2) is 41.4 Å². The van der Waals surface area contributed by atoms with Gasteiger partial charge in [0.1, 0.15) is 12.1 Å². The van der Waals surface area contributed by atoms with Gasteiger partial charge in [0.05, 0.1) is 6.20 Å². The number of aromatic nitrogens is 4. The maximum absolute atomic E-state index is 11.7. The van der Waals surface area contributed by atoms with Crippen LogP contribution in [-0.2, 0) is 0 Å². The minimum atomic E-state index is -0.359. The summed E-state index contributed by atoms with van der Waals surface area (Å²) >= 11 is 0. The van der Waals surface area contributed by atoms with E-state index in [2.05, 4.69) is 25.1 Å².